The van der Waals surface area contributed by atoms with E-state index in [1.165, 1.54) is 0 Å². The molecule has 4 nitrogen and oxygen atoms in total. The van der Waals surface area contributed by atoms with E-state index in [9.17, 15) is 0 Å². The third kappa shape index (κ3) is 2.81. The Kier molecular flexibility index (Phi) is 3.54. The molecule has 1 N–H and O–H groups in total. The zero-order valence-electron chi connectivity index (χ0n) is 9.02. The average Bonchev–Trinajstić information content (AvgIpc) is 2.59. The fourth-order valence-electron chi connectivity index (χ4n) is 1.44. The van der Waals surface area contributed by atoms with E-state index in [0.29, 0.717) is 18.1 Å². The van der Waals surface area contributed by atoms with Crippen molar-refractivity contribution < 1.29 is 0 Å². The summed E-state index contributed by atoms with van der Waals surface area (Å²) in [6.45, 7) is 1.37. The fraction of sp³-hybridized carbons (Fsp3) is 0.273. The van der Waals surface area contributed by atoms with Crippen LogP contribution in [0.1, 0.15) is 11.4 Å². The summed E-state index contributed by atoms with van der Waals surface area (Å²) in [6, 6.07) is 5.85. The van der Waals surface area contributed by atoms with Crippen molar-refractivity contribution in [3.63, 3.8) is 0 Å². The monoisotopic (exact) mass is 236 g/mol. The Labute approximate surface area is 99.3 Å². The first-order valence-electron chi connectivity index (χ1n) is 5.04. The second-order valence-corrected chi connectivity index (χ2v) is 3.93. The van der Waals surface area contributed by atoms with Gasteiger partial charge in [0.05, 0.1) is 16.4 Å². The van der Waals surface area contributed by atoms with Crippen molar-refractivity contribution in [1.29, 1.82) is 0 Å². The summed E-state index contributed by atoms with van der Waals surface area (Å²) in [6.07, 6.45) is 3.57. The lowest BCUT2D eigenvalue weighted by atomic mass is 10.3. The predicted octanol–water partition coefficient (Wildman–Crippen LogP) is 1.76. The highest BCUT2D eigenvalue weighted by atomic mass is 35.5. The van der Waals surface area contributed by atoms with Crippen LogP contribution in [0, 0.1) is 0 Å². The van der Waals surface area contributed by atoms with Gasteiger partial charge in [0.15, 0.2) is 0 Å². The summed E-state index contributed by atoms with van der Waals surface area (Å²) in [5, 5.41) is 8.18. The number of nitrogens with zero attached hydrogens (tertiary/aromatic N) is 3. The standard InChI is InChI=1S/C11H13ClN4/c1-16-8-10(12)11(15-16)7-13-6-9-4-2-3-5-14-9/h2-5,8,13H,6-7H2,1H3. The molecule has 0 spiro atoms. The van der Waals surface area contributed by atoms with Crippen LogP contribution in [0.15, 0.2) is 30.6 Å². The Balaban J connectivity index is 1.87. The lowest BCUT2D eigenvalue weighted by molar-refractivity contribution is 0.648. The van der Waals surface area contributed by atoms with E-state index in [1.54, 1.807) is 17.1 Å². The number of aryl methyl sites for hydroxylation is 1. The number of halogens is 1. The number of hydrogen-bond donors (Lipinski definition) is 1. The zero-order valence-corrected chi connectivity index (χ0v) is 9.78. The van der Waals surface area contributed by atoms with Gasteiger partial charge in [-0.15, -0.1) is 0 Å². The Morgan fingerprint density at radius 3 is 2.88 bits per heavy atom. The smallest absolute Gasteiger partial charge is 0.0948 e. The fourth-order valence-corrected chi connectivity index (χ4v) is 1.68. The SMILES string of the molecule is Cn1cc(Cl)c(CNCc2ccccn2)n1. The second-order valence-electron chi connectivity index (χ2n) is 3.52. The quantitative estimate of drug-likeness (QED) is 0.880. The molecule has 0 aliphatic carbocycles. The van der Waals surface area contributed by atoms with Gasteiger partial charge in [0.1, 0.15) is 0 Å². The van der Waals surface area contributed by atoms with E-state index < -0.39 is 0 Å². The average molecular weight is 237 g/mol. The normalized spacial score (nSPS) is 10.6. The minimum absolute atomic E-state index is 0.649. The minimum atomic E-state index is 0.649. The van der Waals surface area contributed by atoms with Crippen LogP contribution in [0.4, 0.5) is 0 Å². The van der Waals surface area contributed by atoms with E-state index in [4.69, 9.17) is 11.6 Å². The molecule has 84 valence electrons. The van der Waals surface area contributed by atoms with Crippen LogP contribution in [0.3, 0.4) is 0 Å². The summed E-state index contributed by atoms with van der Waals surface area (Å²) < 4.78 is 1.71. The first-order chi connectivity index (χ1) is 7.75. The largest absolute Gasteiger partial charge is 0.305 e. The molecule has 0 amide bonds. The molecule has 0 bridgehead atoms. The van der Waals surface area contributed by atoms with Crippen LogP contribution in [0.5, 0.6) is 0 Å². The molecule has 0 aliphatic heterocycles. The molecule has 0 radical (unpaired) electrons. The Hall–Kier alpha value is -1.39. The van der Waals surface area contributed by atoms with Gasteiger partial charge in [0.25, 0.3) is 0 Å². The highest BCUT2D eigenvalue weighted by Crippen LogP contribution is 2.12. The van der Waals surface area contributed by atoms with E-state index >= 15 is 0 Å². The van der Waals surface area contributed by atoms with Crippen LogP contribution >= 0.6 is 11.6 Å². The predicted molar refractivity (Wildman–Crippen MR) is 63.0 cm³/mol. The summed E-state index contributed by atoms with van der Waals surface area (Å²) >= 11 is 5.99. The number of hydrogen-bond acceptors (Lipinski definition) is 3. The summed E-state index contributed by atoms with van der Waals surface area (Å²) in [5.74, 6) is 0. The van der Waals surface area contributed by atoms with Crippen molar-refractivity contribution in [2.75, 3.05) is 0 Å². The maximum absolute atomic E-state index is 5.99. The van der Waals surface area contributed by atoms with Crippen LogP contribution in [-0.2, 0) is 20.1 Å². The number of nitrogens with one attached hydrogen (secondary N) is 1. The second kappa shape index (κ2) is 5.09. The van der Waals surface area contributed by atoms with Crippen molar-refractivity contribution in [2.24, 2.45) is 7.05 Å². The molecule has 2 aromatic rings. The van der Waals surface area contributed by atoms with Gasteiger partial charge < -0.3 is 5.32 Å². The van der Waals surface area contributed by atoms with E-state index in [-0.39, 0.29) is 0 Å². The van der Waals surface area contributed by atoms with Crippen molar-refractivity contribution in [1.82, 2.24) is 20.1 Å². The molecule has 16 heavy (non-hydrogen) atoms. The number of aromatic nitrogens is 3. The van der Waals surface area contributed by atoms with Gasteiger partial charge in [-0.25, -0.2) is 0 Å². The molecular formula is C11H13ClN4. The van der Waals surface area contributed by atoms with Gasteiger partial charge in [0.2, 0.25) is 0 Å². The van der Waals surface area contributed by atoms with E-state index in [1.807, 2.05) is 25.2 Å². The van der Waals surface area contributed by atoms with Crippen LogP contribution in [-0.4, -0.2) is 14.8 Å². The van der Waals surface area contributed by atoms with Gasteiger partial charge >= 0.3 is 0 Å². The summed E-state index contributed by atoms with van der Waals surface area (Å²) in [7, 11) is 1.86. The molecule has 0 unspecified atom stereocenters. The van der Waals surface area contributed by atoms with Gasteiger partial charge in [-0.05, 0) is 12.1 Å². The number of rotatable bonds is 4. The van der Waals surface area contributed by atoms with Crippen molar-refractivity contribution in [3.05, 3.63) is 47.0 Å². The molecule has 2 aromatic heterocycles. The molecular weight excluding hydrogens is 224 g/mol. The van der Waals surface area contributed by atoms with Crippen molar-refractivity contribution >= 4 is 11.6 Å². The molecule has 0 aliphatic rings. The van der Waals surface area contributed by atoms with Crippen LogP contribution in [0.2, 0.25) is 5.02 Å². The lowest BCUT2D eigenvalue weighted by Crippen LogP contribution is -2.14. The lowest BCUT2D eigenvalue weighted by Gasteiger charge is -2.02. The third-order valence-corrected chi connectivity index (χ3v) is 2.49. The molecule has 5 heteroatoms. The highest BCUT2D eigenvalue weighted by Gasteiger charge is 2.04. The van der Waals surface area contributed by atoms with Gasteiger partial charge in [-0.1, -0.05) is 17.7 Å². The van der Waals surface area contributed by atoms with Crippen molar-refractivity contribution in [2.45, 2.75) is 13.1 Å². The van der Waals surface area contributed by atoms with E-state index in [0.717, 1.165) is 11.4 Å². The molecule has 0 saturated carbocycles. The zero-order chi connectivity index (χ0) is 11.4. The summed E-state index contributed by atoms with van der Waals surface area (Å²) in [4.78, 5) is 4.22. The Morgan fingerprint density at radius 1 is 1.38 bits per heavy atom. The van der Waals surface area contributed by atoms with Crippen molar-refractivity contribution in [3.8, 4) is 0 Å². The molecule has 0 fully saturated rings. The Morgan fingerprint density at radius 2 is 2.25 bits per heavy atom. The molecule has 0 atom stereocenters. The minimum Gasteiger partial charge on any atom is -0.305 e. The molecule has 0 saturated heterocycles. The van der Waals surface area contributed by atoms with E-state index in [2.05, 4.69) is 15.4 Å². The summed E-state index contributed by atoms with van der Waals surface area (Å²) in [5.41, 5.74) is 1.87. The highest BCUT2D eigenvalue weighted by molar-refractivity contribution is 6.31. The van der Waals surface area contributed by atoms with Gasteiger partial charge in [0, 0.05) is 32.5 Å². The topological polar surface area (TPSA) is 42.7 Å². The maximum atomic E-state index is 5.99. The molecule has 2 rings (SSSR count). The first-order valence-corrected chi connectivity index (χ1v) is 5.42. The van der Waals surface area contributed by atoms with Crippen LogP contribution < -0.4 is 5.32 Å². The third-order valence-electron chi connectivity index (χ3n) is 2.18. The first kappa shape index (κ1) is 11.1. The molecule has 2 heterocycles. The maximum Gasteiger partial charge on any atom is 0.0948 e. The van der Waals surface area contributed by atoms with Gasteiger partial charge in [-0.3, -0.25) is 9.67 Å². The Bertz CT molecular complexity index is 452. The number of pyridine rings is 1. The molecule has 0 aromatic carbocycles. The van der Waals surface area contributed by atoms with Crippen LogP contribution in [0.25, 0.3) is 0 Å². The van der Waals surface area contributed by atoms with Gasteiger partial charge in [-0.2, -0.15) is 5.10 Å².